The summed E-state index contributed by atoms with van der Waals surface area (Å²) in [6.07, 6.45) is 0.600. The third kappa shape index (κ3) is 4.06. The monoisotopic (exact) mass is 184 g/mol. The van der Waals surface area contributed by atoms with Gasteiger partial charge in [-0.2, -0.15) is 0 Å². The first-order valence-electron chi connectivity index (χ1n) is 2.92. The third-order valence-corrected chi connectivity index (χ3v) is 1.60. The predicted octanol–water partition coefficient (Wildman–Crippen LogP) is 0.821. The van der Waals surface area contributed by atoms with Gasteiger partial charge in [0.2, 0.25) is 0 Å². The molecule has 1 atom stereocenters. The maximum Gasteiger partial charge on any atom is 0.147 e. The average Bonchev–Trinajstić information content (AvgIpc) is 1.89. The second-order valence-electron chi connectivity index (χ2n) is 1.94. The van der Waals surface area contributed by atoms with Crippen LogP contribution in [-0.2, 0) is 4.79 Å². The normalized spacial score (nSPS) is 13.1. The Bertz CT molecular complexity index is 110. The Morgan fingerprint density at radius 1 is 1.60 bits per heavy atom. The van der Waals surface area contributed by atoms with Crippen molar-refractivity contribution in [3.63, 3.8) is 0 Å². The second kappa shape index (κ2) is 5.92. The second-order valence-corrected chi connectivity index (χ2v) is 2.43. The highest BCUT2D eigenvalue weighted by atomic mass is 35.5. The van der Waals surface area contributed by atoms with Crippen molar-refractivity contribution in [2.24, 2.45) is 0 Å². The minimum atomic E-state index is -0.298. The van der Waals surface area contributed by atoms with Crippen LogP contribution in [0.1, 0.15) is 13.3 Å². The minimum absolute atomic E-state index is 0.0157. The summed E-state index contributed by atoms with van der Waals surface area (Å²) in [7, 11) is 0. The molecule has 0 aliphatic heterocycles. The van der Waals surface area contributed by atoms with Gasteiger partial charge in [0.1, 0.15) is 5.78 Å². The Balaban J connectivity index is 3.50. The lowest BCUT2D eigenvalue weighted by molar-refractivity contribution is -0.118. The minimum Gasteiger partial charge on any atom is -0.298 e. The Labute approximate surface area is 70.3 Å². The fourth-order valence-corrected chi connectivity index (χ4v) is 0.905. The molecular formula is C5H10Cl2N2O. The molecule has 10 heavy (non-hydrogen) atoms. The molecule has 1 unspecified atom stereocenters. The summed E-state index contributed by atoms with van der Waals surface area (Å²) in [6.45, 7) is 2.04. The van der Waals surface area contributed by atoms with Crippen molar-refractivity contribution in [2.45, 2.75) is 19.4 Å². The number of Topliss-reactive ketones (excluding diaryl/α,β-unsaturated/α-hetero) is 1. The number of halogens is 2. The van der Waals surface area contributed by atoms with Gasteiger partial charge in [0.05, 0.1) is 6.04 Å². The topological polar surface area (TPSA) is 41.1 Å². The number of hydrogen-bond acceptors (Lipinski definition) is 3. The van der Waals surface area contributed by atoms with E-state index in [0.717, 1.165) is 0 Å². The lowest BCUT2D eigenvalue weighted by Crippen LogP contribution is -2.31. The number of ketones is 1. The SMILES string of the molecule is CC(=O)C(CCNCl)NCl. The Hall–Kier alpha value is 0.170. The summed E-state index contributed by atoms with van der Waals surface area (Å²) >= 11 is 10.4. The van der Waals surface area contributed by atoms with Gasteiger partial charge in [0.25, 0.3) is 0 Å². The summed E-state index contributed by atoms with van der Waals surface area (Å²) in [5.41, 5.74) is 0. The van der Waals surface area contributed by atoms with Crippen molar-refractivity contribution in [1.82, 2.24) is 9.67 Å². The molecule has 0 saturated carbocycles. The molecule has 0 aliphatic rings. The predicted molar refractivity (Wildman–Crippen MR) is 41.9 cm³/mol. The van der Waals surface area contributed by atoms with E-state index in [4.69, 9.17) is 23.6 Å². The van der Waals surface area contributed by atoms with E-state index >= 15 is 0 Å². The number of nitrogens with one attached hydrogen (secondary N) is 2. The van der Waals surface area contributed by atoms with Crippen LogP contribution >= 0.6 is 23.6 Å². The van der Waals surface area contributed by atoms with Crippen molar-refractivity contribution in [3.05, 3.63) is 0 Å². The molecule has 60 valence electrons. The zero-order valence-electron chi connectivity index (χ0n) is 5.66. The molecule has 0 amide bonds. The highest BCUT2D eigenvalue weighted by Gasteiger charge is 2.10. The van der Waals surface area contributed by atoms with Crippen molar-refractivity contribution in [2.75, 3.05) is 6.54 Å². The van der Waals surface area contributed by atoms with Crippen LogP contribution in [0.5, 0.6) is 0 Å². The van der Waals surface area contributed by atoms with Crippen LogP contribution < -0.4 is 9.67 Å². The van der Waals surface area contributed by atoms with Crippen molar-refractivity contribution < 1.29 is 4.79 Å². The molecule has 0 fully saturated rings. The molecule has 0 rings (SSSR count). The molecule has 0 aromatic heterocycles. The van der Waals surface area contributed by atoms with Gasteiger partial charge in [-0.1, -0.05) is 0 Å². The Kier molecular flexibility index (Phi) is 6.02. The van der Waals surface area contributed by atoms with Gasteiger partial charge in [-0.15, -0.1) is 0 Å². The number of hydrogen-bond donors (Lipinski definition) is 2. The highest BCUT2D eigenvalue weighted by Crippen LogP contribution is 1.93. The third-order valence-electron chi connectivity index (χ3n) is 1.15. The number of rotatable bonds is 5. The molecule has 0 radical (unpaired) electrons. The van der Waals surface area contributed by atoms with E-state index in [1.807, 2.05) is 0 Å². The molecule has 0 spiro atoms. The summed E-state index contributed by atoms with van der Waals surface area (Å²) in [5.74, 6) is 0.0157. The summed E-state index contributed by atoms with van der Waals surface area (Å²) in [4.78, 5) is 15.4. The quantitative estimate of drug-likeness (QED) is 0.623. The van der Waals surface area contributed by atoms with Crippen LogP contribution in [0.3, 0.4) is 0 Å². The Morgan fingerprint density at radius 2 is 2.20 bits per heavy atom. The van der Waals surface area contributed by atoms with Gasteiger partial charge >= 0.3 is 0 Å². The summed E-state index contributed by atoms with van der Waals surface area (Å²) in [5, 5.41) is 0. The molecule has 0 bridgehead atoms. The van der Waals surface area contributed by atoms with Gasteiger partial charge in [-0.3, -0.25) is 4.79 Å². The number of carbonyl (C=O) groups excluding carboxylic acids is 1. The maximum atomic E-state index is 10.7. The van der Waals surface area contributed by atoms with Gasteiger partial charge in [0, 0.05) is 6.54 Å². The Morgan fingerprint density at radius 3 is 2.50 bits per heavy atom. The summed E-state index contributed by atoms with van der Waals surface area (Å²) in [6, 6.07) is -0.298. The van der Waals surface area contributed by atoms with Gasteiger partial charge in [-0.05, 0) is 36.9 Å². The first-order chi connectivity index (χ1) is 4.72. The molecule has 0 saturated heterocycles. The van der Waals surface area contributed by atoms with Crippen molar-refractivity contribution in [3.8, 4) is 0 Å². The van der Waals surface area contributed by atoms with Gasteiger partial charge in [-0.25, -0.2) is 9.67 Å². The van der Waals surface area contributed by atoms with E-state index in [-0.39, 0.29) is 11.8 Å². The van der Waals surface area contributed by atoms with Crippen LogP contribution in [0.25, 0.3) is 0 Å². The van der Waals surface area contributed by atoms with E-state index in [9.17, 15) is 4.79 Å². The molecule has 5 heteroatoms. The fraction of sp³-hybridized carbons (Fsp3) is 0.800. The lowest BCUT2D eigenvalue weighted by Gasteiger charge is -2.08. The zero-order chi connectivity index (χ0) is 7.98. The molecule has 2 N–H and O–H groups in total. The van der Waals surface area contributed by atoms with Crippen LogP contribution in [0.15, 0.2) is 0 Å². The summed E-state index contributed by atoms with van der Waals surface area (Å²) < 4.78 is 0. The number of carbonyl (C=O) groups is 1. The van der Waals surface area contributed by atoms with E-state index in [1.54, 1.807) is 0 Å². The molecule has 0 aromatic rings. The fourth-order valence-electron chi connectivity index (χ4n) is 0.534. The van der Waals surface area contributed by atoms with E-state index < -0.39 is 0 Å². The van der Waals surface area contributed by atoms with Crippen LogP contribution in [0.2, 0.25) is 0 Å². The van der Waals surface area contributed by atoms with Crippen LogP contribution in [0.4, 0.5) is 0 Å². The molecular weight excluding hydrogens is 175 g/mol. The van der Waals surface area contributed by atoms with E-state index in [2.05, 4.69) is 9.67 Å². The van der Waals surface area contributed by atoms with E-state index in [1.165, 1.54) is 6.92 Å². The van der Waals surface area contributed by atoms with E-state index in [0.29, 0.717) is 13.0 Å². The smallest absolute Gasteiger partial charge is 0.147 e. The first-order valence-corrected chi connectivity index (χ1v) is 3.68. The zero-order valence-corrected chi connectivity index (χ0v) is 7.17. The molecule has 0 aliphatic carbocycles. The molecule has 3 nitrogen and oxygen atoms in total. The molecule has 0 heterocycles. The highest BCUT2D eigenvalue weighted by molar-refractivity contribution is 6.15. The van der Waals surface area contributed by atoms with Gasteiger partial charge in [0.15, 0.2) is 0 Å². The standard InChI is InChI=1S/C5H10Cl2N2O/c1-4(10)5(9-7)2-3-8-6/h5,8-9H,2-3H2,1H3. The van der Waals surface area contributed by atoms with Crippen molar-refractivity contribution >= 4 is 29.3 Å². The first kappa shape index (κ1) is 10.2. The average molecular weight is 185 g/mol. The lowest BCUT2D eigenvalue weighted by atomic mass is 10.1. The van der Waals surface area contributed by atoms with Crippen molar-refractivity contribution in [1.29, 1.82) is 0 Å². The van der Waals surface area contributed by atoms with Crippen LogP contribution in [-0.4, -0.2) is 18.4 Å². The van der Waals surface area contributed by atoms with Gasteiger partial charge < -0.3 is 0 Å². The van der Waals surface area contributed by atoms with Crippen LogP contribution in [0, 0.1) is 0 Å². The molecule has 0 aromatic carbocycles. The maximum absolute atomic E-state index is 10.7. The largest absolute Gasteiger partial charge is 0.298 e.